The lowest BCUT2D eigenvalue weighted by atomic mass is 9.93. The first-order valence-electron chi connectivity index (χ1n) is 12.5. The SMILES string of the molecule is COc1cc(C(=O)OCC(C)C)ccc1COc1cccc(C2CCN(C(=O)OC(C)(C)C)CC2)n1. The highest BCUT2D eigenvalue weighted by Gasteiger charge is 2.28. The van der Waals surface area contributed by atoms with E-state index in [0.29, 0.717) is 36.9 Å². The standard InChI is InChI=1S/C28H38N2O6/c1-19(2)17-35-26(31)21-10-11-22(24(16-21)33-6)18-34-25-9-7-8-23(29-25)20-12-14-30(15-13-20)27(32)36-28(3,4)5/h7-11,16,19-20H,12-15,17-18H2,1-6H3. The molecule has 36 heavy (non-hydrogen) atoms. The second kappa shape index (κ2) is 12.1. The van der Waals surface area contributed by atoms with Gasteiger partial charge in [-0.3, -0.25) is 0 Å². The zero-order chi connectivity index (χ0) is 26.3. The molecule has 1 aromatic carbocycles. The number of piperidine rings is 1. The molecule has 0 radical (unpaired) electrons. The molecule has 0 aliphatic carbocycles. The summed E-state index contributed by atoms with van der Waals surface area (Å²) in [5.41, 5.74) is 1.69. The van der Waals surface area contributed by atoms with Gasteiger partial charge < -0.3 is 23.8 Å². The van der Waals surface area contributed by atoms with Gasteiger partial charge in [-0.15, -0.1) is 0 Å². The van der Waals surface area contributed by atoms with Crippen LogP contribution in [-0.2, 0) is 16.1 Å². The van der Waals surface area contributed by atoms with Crippen LogP contribution in [0.1, 0.15) is 75.0 Å². The van der Waals surface area contributed by atoms with Crippen LogP contribution in [0.25, 0.3) is 0 Å². The van der Waals surface area contributed by atoms with Crippen LogP contribution in [0, 0.1) is 5.92 Å². The fourth-order valence-corrected chi connectivity index (χ4v) is 3.89. The molecular weight excluding hydrogens is 460 g/mol. The number of hydrogen-bond donors (Lipinski definition) is 0. The van der Waals surface area contributed by atoms with E-state index in [1.807, 2.05) is 52.8 Å². The van der Waals surface area contributed by atoms with Crippen molar-refractivity contribution in [3.05, 3.63) is 53.2 Å². The van der Waals surface area contributed by atoms with Crippen molar-refractivity contribution in [3.8, 4) is 11.6 Å². The van der Waals surface area contributed by atoms with Gasteiger partial charge >= 0.3 is 12.1 Å². The second-order valence-electron chi connectivity index (χ2n) is 10.4. The molecule has 1 aliphatic rings. The summed E-state index contributed by atoms with van der Waals surface area (Å²) >= 11 is 0. The number of nitrogens with zero attached hydrogens (tertiary/aromatic N) is 2. The van der Waals surface area contributed by atoms with E-state index in [4.69, 9.17) is 23.9 Å². The predicted octanol–water partition coefficient (Wildman–Crippen LogP) is 5.60. The van der Waals surface area contributed by atoms with Crippen molar-refractivity contribution in [1.29, 1.82) is 0 Å². The maximum atomic E-state index is 12.3. The number of likely N-dealkylation sites (tertiary alicyclic amines) is 1. The molecular formula is C28H38N2O6. The predicted molar refractivity (Wildman–Crippen MR) is 136 cm³/mol. The summed E-state index contributed by atoms with van der Waals surface area (Å²) in [5.74, 6) is 1.22. The van der Waals surface area contributed by atoms with Crippen LogP contribution < -0.4 is 9.47 Å². The Balaban J connectivity index is 1.58. The lowest BCUT2D eigenvalue weighted by Gasteiger charge is -2.33. The minimum absolute atomic E-state index is 0.248. The van der Waals surface area contributed by atoms with Crippen molar-refractivity contribution in [2.45, 2.75) is 65.6 Å². The number of ether oxygens (including phenoxy) is 4. The fraction of sp³-hybridized carbons (Fsp3) is 0.536. The minimum atomic E-state index is -0.499. The zero-order valence-corrected chi connectivity index (χ0v) is 22.2. The van der Waals surface area contributed by atoms with Crippen LogP contribution in [0.5, 0.6) is 11.6 Å². The summed E-state index contributed by atoms with van der Waals surface area (Å²) in [6.07, 6.45) is 1.37. The number of hydrogen-bond acceptors (Lipinski definition) is 7. The number of benzene rings is 1. The smallest absolute Gasteiger partial charge is 0.410 e. The third kappa shape index (κ3) is 7.86. The van der Waals surface area contributed by atoms with E-state index in [1.165, 1.54) is 0 Å². The van der Waals surface area contributed by atoms with Gasteiger partial charge in [-0.2, -0.15) is 0 Å². The Hall–Kier alpha value is -3.29. The summed E-state index contributed by atoms with van der Waals surface area (Å²) in [6, 6.07) is 10.9. The molecule has 1 aromatic heterocycles. The average molecular weight is 499 g/mol. The molecule has 0 N–H and O–H groups in total. The van der Waals surface area contributed by atoms with E-state index in [0.717, 1.165) is 24.1 Å². The minimum Gasteiger partial charge on any atom is -0.496 e. The van der Waals surface area contributed by atoms with Crippen LogP contribution >= 0.6 is 0 Å². The molecule has 1 fully saturated rings. The van der Waals surface area contributed by atoms with Crippen molar-refractivity contribution in [2.75, 3.05) is 26.8 Å². The molecule has 8 heteroatoms. The molecule has 0 atom stereocenters. The Morgan fingerprint density at radius 1 is 1.11 bits per heavy atom. The highest BCUT2D eigenvalue weighted by Crippen LogP contribution is 2.29. The molecule has 3 rings (SSSR count). The summed E-state index contributed by atoms with van der Waals surface area (Å²) in [6.45, 7) is 11.5. The molecule has 0 bridgehead atoms. The van der Waals surface area contributed by atoms with E-state index in [1.54, 1.807) is 30.2 Å². The lowest BCUT2D eigenvalue weighted by Crippen LogP contribution is -2.41. The molecule has 1 saturated heterocycles. The van der Waals surface area contributed by atoms with E-state index >= 15 is 0 Å². The monoisotopic (exact) mass is 498 g/mol. The number of pyridine rings is 1. The number of carbonyl (C=O) groups excluding carboxylic acids is 2. The van der Waals surface area contributed by atoms with E-state index in [2.05, 4.69) is 0 Å². The third-order valence-electron chi connectivity index (χ3n) is 5.76. The van der Waals surface area contributed by atoms with Crippen LogP contribution in [-0.4, -0.2) is 54.4 Å². The zero-order valence-electron chi connectivity index (χ0n) is 22.2. The van der Waals surface area contributed by atoms with E-state index in [9.17, 15) is 9.59 Å². The van der Waals surface area contributed by atoms with Gasteiger partial charge in [0.15, 0.2) is 0 Å². The first-order valence-corrected chi connectivity index (χ1v) is 12.5. The van der Waals surface area contributed by atoms with Gasteiger partial charge in [-0.05, 0) is 57.7 Å². The molecule has 0 unspecified atom stereocenters. The van der Waals surface area contributed by atoms with Crippen molar-refractivity contribution >= 4 is 12.1 Å². The topological polar surface area (TPSA) is 87.2 Å². The summed E-state index contributed by atoms with van der Waals surface area (Å²) in [7, 11) is 1.56. The van der Waals surface area contributed by atoms with Crippen LogP contribution in [0.15, 0.2) is 36.4 Å². The van der Waals surface area contributed by atoms with Gasteiger partial charge in [-0.25, -0.2) is 14.6 Å². The average Bonchev–Trinajstić information content (AvgIpc) is 2.85. The molecule has 2 heterocycles. The number of methoxy groups -OCH3 is 1. The molecule has 1 aliphatic heterocycles. The maximum absolute atomic E-state index is 12.3. The molecule has 0 spiro atoms. The molecule has 8 nitrogen and oxygen atoms in total. The van der Waals surface area contributed by atoms with Gasteiger partial charge in [0.2, 0.25) is 5.88 Å². The largest absolute Gasteiger partial charge is 0.496 e. The first-order chi connectivity index (χ1) is 17.1. The van der Waals surface area contributed by atoms with Crippen LogP contribution in [0.4, 0.5) is 4.79 Å². The highest BCUT2D eigenvalue weighted by molar-refractivity contribution is 5.90. The van der Waals surface area contributed by atoms with Crippen molar-refractivity contribution in [2.24, 2.45) is 5.92 Å². The fourth-order valence-electron chi connectivity index (χ4n) is 3.89. The summed E-state index contributed by atoms with van der Waals surface area (Å²) in [5, 5.41) is 0. The Kier molecular flexibility index (Phi) is 9.18. The van der Waals surface area contributed by atoms with Gasteiger partial charge in [0.05, 0.1) is 19.3 Å². The number of aromatic nitrogens is 1. The van der Waals surface area contributed by atoms with Crippen molar-refractivity contribution in [3.63, 3.8) is 0 Å². The van der Waals surface area contributed by atoms with Crippen LogP contribution in [0.3, 0.4) is 0 Å². The number of esters is 1. The normalized spacial score (nSPS) is 14.5. The maximum Gasteiger partial charge on any atom is 0.410 e. The Morgan fingerprint density at radius 3 is 2.47 bits per heavy atom. The van der Waals surface area contributed by atoms with Gasteiger partial charge in [0.25, 0.3) is 0 Å². The highest BCUT2D eigenvalue weighted by atomic mass is 16.6. The molecule has 1 amide bonds. The molecule has 196 valence electrons. The summed E-state index contributed by atoms with van der Waals surface area (Å²) in [4.78, 5) is 31.1. The number of amides is 1. The number of rotatable bonds is 8. The number of carbonyl (C=O) groups is 2. The van der Waals surface area contributed by atoms with Crippen molar-refractivity contribution in [1.82, 2.24) is 9.88 Å². The van der Waals surface area contributed by atoms with Crippen LogP contribution in [0.2, 0.25) is 0 Å². The summed E-state index contributed by atoms with van der Waals surface area (Å²) < 4.78 is 22.2. The second-order valence-corrected chi connectivity index (χ2v) is 10.4. The van der Waals surface area contributed by atoms with E-state index in [-0.39, 0.29) is 30.5 Å². The first kappa shape index (κ1) is 27.3. The Morgan fingerprint density at radius 2 is 1.83 bits per heavy atom. The Labute approximate surface area is 213 Å². The van der Waals surface area contributed by atoms with Crippen molar-refractivity contribution < 1.29 is 28.5 Å². The molecule has 0 saturated carbocycles. The Bertz CT molecular complexity index is 1040. The van der Waals surface area contributed by atoms with E-state index < -0.39 is 5.60 Å². The molecule has 2 aromatic rings. The van der Waals surface area contributed by atoms with Gasteiger partial charge in [0, 0.05) is 36.3 Å². The van der Waals surface area contributed by atoms with Gasteiger partial charge in [0.1, 0.15) is 18.0 Å². The lowest BCUT2D eigenvalue weighted by molar-refractivity contribution is 0.0203. The third-order valence-corrected chi connectivity index (χ3v) is 5.76. The quantitative estimate of drug-likeness (QED) is 0.438. The van der Waals surface area contributed by atoms with Gasteiger partial charge in [-0.1, -0.05) is 26.0 Å².